The van der Waals surface area contributed by atoms with Crippen molar-refractivity contribution in [3.63, 3.8) is 0 Å². The zero-order valence-corrected chi connectivity index (χ0v) is 13.2. The van der Waals surface area contributed by atoms with Gasteiger partial charge in [0, 0.05) is 6.20 Å². The quantitative estimate of drug-likeness (QED) is 0.885. The average Bonchev–Trinajstić information content (AvgIpc) is 2.42. The van der Waals surface area contributed by atoms with E-state index >= 15 is 0 Å². The summed E-state index contributed by atoms with van der Waals surface area (Å²) in [5.41, 5.74) is 3.29. The molecule has 1 atom stereocenters. The van der Waals surface area contributed by atoms with Crippen molar-refractivity contribution in [3.05, 3.63) is 63.6 Å². The van der Waals surface area contributed by atoms with Crippen LogP contribution in [0.5, 0.6) is 0 Å². The van der Waals surface area contributed by atoms with Crippen LogP contribution in [0.1, 0.15) is 29.8 Å². The first-order valence-electron chi connectivity index (χ1n) is 6.70. The van der Waals surface area contributed by atoms with Gasteiger partial charge in [0.25, 0.3) is 0 Å². The summed E-state index contributed by atoms with van der Waals surface area (Å²) in [5, 5.41) is 3.44. The Morgan fingerprint density at radius 1 is 1.30 bits per heavy atom. The number of hydrogen-bond donors (Lipinski definition) is 1. The van der Waals surface area contributed by atoms with Crippen LogP contribution in [-0.2, 0) is 6.42 Å². The number of rotatable bonds is 5. The predicted octanol–water partition coefficient (Wildman–Crippen LogP) is 4.18. The monoisotopic (exact) mass is 336 g/mol. The highest BCUT2D eigenvalue weighted by molar-refractivity contribution is 9.10. The molecule has 1 N–H and O–H groups in total. The van der Waals surface area contributed by atoms with Crippen molar-refractivity contribution in [1.82, 2.24) is 10.3 Å². The van der Waals surface area contributed by atoms with Gasteiger partial charge in [0.15, 0.2) is 0 Å². The first-order valence-corrected chi connectivity index (χ1v) is 7.49. The van der Waals surface area contributed by atoms with Crippen LogP contribution in [0.15, 0.2) is 41.0 Å². The second kappa shape index (κ2) is 6.95. The van der Waals surface area contributed by atoms with Gasteiger partial charge < -0.3 is 5.32 Å². The molecule has 0 fully saturated rings. The summed E-state index contributed by atoms with van der Waals surface area (Å²) in [6.07, 6.45) is 2.61. The Labute approximate surface area is 127 Å². The second-order valence-electron chi connectivity index (χ2n) is 4.82. The number of aromatic nitrogens is 1. The SMILES string of the molecule is CCNC(Cc1ccc(F)c(Br)c1)c1cc(C)ccn1. The fraction of sp³-hybridized carbons (Fsp3) is 0.312. The van der Waals surface area contributed by atoms with E-state index in [1.165, 1.54) is 11.6 Å². The lowest BCUT2D eigenvalue weighted by atomic mass is 10.0. The molecule has 0 saturated carbocycles. The second-order valence-corrected chi connectivity index (χ2v) is 5.68. The molecule has 0 saturated heterocycles. The Bertz CT molecular complexity index is 586. The van der Waals surface area contributed by atoms with E-state index in [9.17, 15) is 4.39 Å². The van der Waals surface area contributed by atoms with E-state index in [4.69, 9.17) is 0 Å². The van der Waals surface area contributed by atoms with Crippen LogP contribution in [0.2, 0.25) is 0 Å². The van der Waals surface area contributed by atoms with Crippen LogP contribution >= 0.6 is 15.9 Å². The maximum Gasteiger partial charge on any atom is 0.137 e. The molecule has 106 valence electrons. The molecular formula is C16H18BrFN2. The first-order chi connectivity index (χ1) is 9.60. The number of likely N-dealkylation sites (N-methyl/N-ethyl adjacent to an activating group) is 1. The molecule has 1 heterocycles. The Kier molecular flexibility index (Phi) is 5.26. The van der Waals surface area contributed by atoms with Crippen LogP contribution in [-0.4, -0.2) is 11.5 Å². The van der Waals surface area contributed by atoms with Crippen molar-refractivity contribution in [2.24, 2.45) is 0 Å². The summed E-state index contributed by atoms with van der Waals surface area (Å²) in [4.78, 5) is 4.45. The van der Waals surface area contributed by atoms with E-state index in [1.807, 2.05) is 24.4 Å². The van der Waals surface area contributed by atoms with Gasteiger partial charge in [-0.2, -0.15) is 0 Å². The van der Waals surface area contributed by atoms with Gasteiger partial charge in [-0.15, -0.1) is 0 Å². The van der Waals surface area contributed by atoms with Crippen molar-refractivity contribution in [2.45, 2.75) is 26.3 Å². The summed E-state index contributed by atoms with van der Waals surface area (Å²) in [5.74, 6) is -0.234. The summed E-state index contributed by atoms with van der Waals surface area (Å²) in [7, 11) is 0. The van der Waals surface area contributed by atoms with Crippen LogP contribution in [0, 0.1) is 12.7 Å². The molecule has 1 aromatic heterocycles. The van der Waals surface area contributed by atoms with E-state index in [2.05, 4.69) is 46.1 Å². The lowest BCUT2D eigenvalue weighted by Gasteiger charge is -2.18. The third-order valence-corrected chi connectivity index (χ3v) is 3.78. The third kappa shape index (κ3) is 3.87. The first kappa shape index (κ1) is 15.1. The molecule has 0 aliphatic carbocycles. The Morgan fingerprint density at radius 3 is 2.75 bits per heavy atom. The summed E-state index contributed by atoms with van der Waals surface area (Å²) in [6.45, 7) is 4.99. The molecule has 4 heteroatoms. The highest BCUT2D eigenvalue weighted by Crippen LogP contribution is 2.22. The highest BCUT2D eigenvalue weighted by atomic mass is 79.9. The minimum absolute atomic E-state index is 0.136. The molecule has 0 radical (unpaired) electrons. The number of halogens is 2. The lowest BCUT2D eigenvalue weighted by molar-refractivity contribution is 0.535. The van der Waals surface area contributed by atoms with Crippen molar-refractivity contribution < 1.29 is 4.39 Å². The summed E-state index contributed by atoms with van der Waals surface area (Å²) in [6, 6.07) is 9.35. The van der Waals surface area contributed by atoms with Crippen LogP contribution in [0.3, 0.4) is 0 Å². The van der Waals surface area contributed by atoms with E-state index in [-0.39, 0.29) is 11.9 Å². The third-order valence-electron chi connectivity index (χ3n) is 3.17. The van der Waals surface area contributed by atoms with Crippen molar-refractivity contribution in [3.8, 4) is 0 Å². The fourth-order valence-corrected chi connectivity index (χ4v) is 2.61. The largest absolute Gasteiger partial charge is 0.309 e. The van der Waals surface area contributed by atoms with Crippen LogP contribution in [0.4, 0.5) is 4.39 Å². The van der Waals surface area contributed by atoms with E-state index in [1.54, 1.807) is 0 Å². The molecule has 2 rings (SSSR count). The minimum atomic E-state index is -0.234. The number of benzene rings is 1. The van der Waals surface area contributed by atoms with E-state index in [0.717, 1.165) is 24.2 Å². The zero-order valence-electron chi connectivity index (χ0n) is 11.7. The number of nitrogens with zero attached hydrogens (tertiary/aromatic N) is 1. The maximum atomic E-state index is 13.3. The highest BCUT2D eigenvalue weighted by Gasteiger charge is 2.13. The van der Waals surface area contributed by atoms with Crippen LogP contribution < -0.4 is 5.32 Å². The fourth-order valence-electron chi connectivity index (χ4n) is 2.18. The van der Waals surface area contributed by atoms with Gasteiger partial charge in [0.05, 0.1) is 16.2 Å². The van der Waals surface area contributed by atoms with Gasteiger partial charge in [-0.05, 0) is 71.2 Å². The van der Waals surface area contributed by atoms with Gasteiger partial charge in [0.2, 0.25) is 0 Å². The van der Waals surface area contributed by atoms with Gasteiger partial charge >= 0.3 is 0 Å². The number of aryl methyl sites for hydroxylation is 1. The molecule has 1 unspecified atom stereocenters. The van der Waals surface area contributed by atoms with E-state index < -0.39 is 0 Å². The van der Waals surface area contributed by atoms with Crippen molar-refractivity contribution in [1.29, 1.82) is 0 Å². The Balaban J connectivity index is 2.22. The normalized spacial score (nSPS) is 12.4. The number of hydrogen-bond acceptors (Lipinski definition) is 2. The van der Waals surface area contributed by atoms with Crippen LogP contribution in [0.25, 0.3) is 0 Å². The Morgan fingerprint density at radius 2 is 2.10 bits per heavy atom. The van der Waals surface area contributed by atoms with Crippen molar-refractivity contribution >= 4 is 15.9 Å². The molecule has 0 aliphatic rings. The average molecular weight is 337 g/mol. The number of nitrogens with one attached hydrogen (secondary N) is 1. The van der Waals surface area contributed by atoms with Gasteiger partial charge in [-0.3, -0.25) is 4.98 Å². The topological polar surface area (TPSA) is 24.9 Å². The predicted molar refractivity (Wildman–Crippen MR) is 83.2 cm³/mol. The molecule has 2 aromatic rings. The molecule has 0 bridgehead atoms. The number of pyridine rings is 1. The molecule has 0 spiro atoms. The lowest BCUT2D eigenvalue weighted by Crippen LogP contribution is -2.24. The van der Waals surface area contributed by atoms with Crippen molar-refractivity contribution in [2.75, 3.05) is 6.54 Å². The van der Waals surface area contributed by atoms with Gasteiger partial charge in [0.1, 0.15) is 5.82 Å². The maximum absolute atomic E-state index is 13.3. The summed E-state index contributed by atoms with van der Waals surface area (Å²) < 4.78 is 13.8. The summed E-state index contributed by atoms with van der Waals surface area (Å²) >= 11 is 3.23. The molecule has 2 nitrogen and oxygen atoms in total. The molecule has 0 aliphatic heterocycles. The minimum Gasteiger partial charge on any atom is -0.309 e. The molecular weight excluding hydrogens is 319 g/mol. The molecule has 20 heavy (non-hydrogen) atoms. The smallest absolute Gasteiger partial charge is 0.137 e. The Hall–Kier alpha value is -1.26. The van der Waals surface area contributed by atoms with Gasteiger partial charge in [-0.25, -0.2) is 4.39 Å². The molecule has 0 amide bonds. The zero-order chi connectivity index (χ0) is 14.5. The molecule has 1 aromatic carbocycles. The standard InChI is InChI=1S/C16H18BrFN2/c1-3-19-16(15-8-11(2)6-7-20-15)10-12-4-5-14(18)13(17)9-12/h4-9,16,19H,3,10H2,1-2H3. The van der Waals surface area contributed by atoms with Gasteiger partial charge in [-0.1, -0.05) is 13.0 Å². The van der Waals surface area contributed by atoms with E-state index in [0.29, 0.717) is 4.47 Å².